The molecule has 0 fully saturated rings. The molecule has 122 valence electrons. The maximum atomic E-state index is 12.6. The lowest BCUT2D eigenvalue weighted by molar-refractivity contribution is -0.170. The second kappa shape index (κ2) is 6.84. The number of hydrogen-bond donors (Lipinski definition) is 0. The first-order valence-electron chi connectivity index (χ1n) is 5.72. The molecule has 0 aliphatic rings. The lowest BCUT2D eigenvalue weighted by Crippen LogP contribution is -2.42. The maximum absolute atomic E-state index is 12.6. The van der Waals surface area contributed by atoms with Crippen LogP contribution in [0.4, 0.5) is 32.0 Å². The number of nitrogens with zero attached hydrogens (tertiary/aromatic N) is 2. The molecule has 0 spiro atoms. The minimum atomic E-state index is -5.15. The Labute approximate surface area is 135 Å². The molecule has 10 heteroatoms. The summed E-state index contributed by atoms with van der Waals surface area (Å²) >= 11 is 1.36. The minimum absolute atomic E-state index is 0.328. The zero-order valence-corrected chi connectivity index (χ0v) is 13.1. The number of carbonyl (C=O) groups excluding carboxylic acids is 1. The van der Waals surface area contributed by atoms with E-state index in [1.807, 2.05) is 0 Å². The highest BCUT2D eigenvalue weighted by molar-refractivity contribution is 14.1. The van der Waals surface area contributed by atoms with Gasteiger partial charge in [0.1, 0.15) is 9.39 Å². The fourth-order valence-corrected chi connectivity index (χ4v) is 2.17. The van der Waals surface area contributed by atoms with Crippen LogP contribution in [0.25, 0.3) is 0 Å². The van der Waals surface area contributed by atoms with Crippen LogP contribution in [0.2, 0.25) is 0 Å². The Morgan fingerprint density at radius 3 is 2.27 bits per heavy atom. The van der Waals surface area contributed by atoms with E-state index in [0.717, 1.165) is 6.07 Å². The molecule has 1 aromatic rings. The number of anilines is 1. The number of carbonyl (C=O) groups is 1. The first kappa shape index (κ1) is 18.7. The van der Waals surface area contributed by atoms with E-state index in [9.17, 15) is 31.1 Å². The minimum Gasteiger partial charge on any atom is -0.298 e. The summed E-state index contributed by atoms with van der Waals surface area (Å²) in [6.45, 7) is 1.10. The van der Waals surface area contributed by atoms with Crippen molar-refractivity contribution in [1.29, 1.82) is 0 Å². The van der Waals surface area contributed by atoms with Crippen LogP contribution >= 0.6 is 22.6 Å². The summed E-state index contributed by atoms with van der Waals surface area (Å²) in [7, 11) is 0. The number of hydrogen-bond acceptors (Lipinski definition) is 2. The highest BCUT2D eigenvalue weighted by atomic mass is 127. The molecule has 0 aromatic carbocycles. The molecule has 0 radical (unpaired) electrons. The molecule has 0 unspecified atom stereocenters. The lowest BCUT2D eigenvalue weighted by atomic mass is 10.3. The predicted molar refractivity (Wildman–Crippen MR) is 75.2 cm³/mol. The van der Waals surface area contributed by atoms with E-state index in [4.69, 9.17) is 0 Å². The third-order valence-corrected chi connectivity index (χ3v) is 3.22. The van der Waals surface area contributed by atoms with E-state index in [-0.39, 0.29) is 9.39 Å². The first-order chi connectivity index (χ1) is 9.98. The SMILES string of the molecule is C/C=C/CN(C(=O)C(F)(F)F)c1ccc(C(F)(F)F)nc1I. The number of pyridine rings is 1. The van der Waals surface area contributed by atoms with Crippen LogP contribution in [-0.4, -0.2) is 23.6 Å². The van der Waals surface area contributed by atoms with Gasteiger partial charge in [0, 0.05) is 6.54 Å². The molecular weight excluding hydrogens is 429 g/mol. The Bertz CT molecular complexity index is 582. The molecular formula is C12H9F6IN2O. The smallest absolute Gasteiger partial charge is 0.298 e. The van der Waals surface area contributed by atoms with Crippen LogP contribution in [0.5, 0.6) is 0 Å². The molecule has 0 saturated carbocycles. The van der Waals surface area contributed by atoms with Gasteiger partial charge in [-0.25, -0.2) is 4.98 Å². The first-order valence-corrected chi connectivity index (χ1v) is 6.80. The summed E-state index contributed by atoms with van der Waals surface area (Å²) < 4.78 is 75.0. The molecule has 22 heavy (non-hydrogen) atoms. The topological polar surface area (TPSA) is 33.2 Å². The maximum Gasteiger partial charge on any atom is 0.471 e. The quantitative estimate of drug-likeness (QED) is 0.307. The number of alkyl halides is 6. The fourth-order valence-electron chi connectivity index (χ4n) is 1.44. The molecule has 1 amide bonds. The average molecular weight is 438 g/mol. The summed E-state index contributed by atoms with van der Waals surface area (Å²) in [5, 5.41) is 0. The third-order valence-electron chi connectivity index (χ3n) is 2.42. The Morgan fingerprint density at radius 2 is 1.86 bits per heavy atom. The molecule has 3 nitrogen and oxygen atoms in total. The van der Waals surface area contributed by atoms with Gasteiger partial charge < -0.3 is 0 Å². The Morgan fingerprint density at radius 1 is 1.27 bits per heavy atom. The van der Waals surface area contributed by atoms with Gasteiger partial charge in [0.05, 0.1) is 5.69 Å². The molecule has 1 aromatic heterocycles. The number of aromatic nitrogens is 1. The Hall–Kier alpha value is -1.33. The average Bonchev–Trinajstić information content (AvgIpc) is 2.38. The zero-order valence-electron chi connectivity index (χ0n) is 11.0. The van der Waals surface area contributed by atoms with Crippen LogP contribution in [0, 0.1) is 3.70 Å². The summed E-state index contributed by atoms with van der Waals surface area (Å²) in [6.07, 6.45) is -7.17. The molecule has 1 rings (SSSR count). The number of rotatable bonds is 3. The Balaban J connectivity index is 3.29. The lowest BCUT2D eigenvalue weighted by Gasteiger charge is -2.23. The largest absolute Gasteiger partial charge is 0.471 e. The van der Waals surface area contributed by atoms with E-state index >= 15 is 0 Å². The van der Waals surface area contributed by atoms with Crippen molar-refractivity contribution in [2.45, 2.75) is 19.3 Å². The van der Waals surface area contributed by atoms with E-state index in [1.165, 1.54) is 41.7 Å². The van der Waals surface area contributed by atoms with Gasteiger partial charge in [-0.1, -0.05) is 12.2 Å². The van der Waals surface area contributed by atoms with Crippen molar-refractivity contribution in [3.05, 3.63) is 33.7 Å². The molecule has 0 aliphatic carbocycles. The highest BCUT2D eigenvalue weighted by Crippen LogP contribution is 2.32. The van der Waals surface area contributed by atoms with Gasteiger partial charge in [-0.3, -0.25) is 9.69 Å². The zero-order chi connectivity index (χ0) is 17.1. The van der Waals surface area contributed by atoms with Crippen LogP contribution in [0.3, 0.4) is 0 Å². The molecule has 1 heterocycles. The van der Waals surface area contributed by atoms with Crippen molar-refractivity contribution >= 4 is 34.2 Å². The normalized spacial score (nSPS) is 12.7. The van der Waals surface area contributed by atoms with Gasteiger partial charge in [-0.05, 0) is 41.6 Å². The Kier molecular flexibility index (Phi) is 5.82. The van der Waals surface area contributed by atoms with Crippen molar-refractivity contribution in [2.75, 3.05) is 11.4 Å². The molecule has 0 atom stereocenters. The summed E-state index contributed by atoms with van der Waals surface area (Å²) in [4.78, 5) is 15.0. The molecule has 0 N–H and O–H groups in total. The van der Waals surface area contributed by atoms with Crippen molar-refractivity contribution in [1.82, 2.24) is 4.98 Å². The van der Waals surface area contributed by atoms with Crippen LogP contribution in [0.1, 0.15) is 12.6 Å². The van der Waals surface area contributed by atoms with Gasteiger partial charge in [0.15, 0.2) is 0 Å². The molecule has 0 aliphatic heterocycles. The van der Waals surface area contributed by atoms with Gasteiger partial charge in [-0.15, -0.1) is 0 Å². The summed E-state index contributed by atoms with van der Waals surface area (Å²) in [5.74, 6) is -2.18. The van der Waals surface area contributed by atoms with Crippen LogP contribution < -0.4 is 4.90 Å². The second-order valence-corrected chi connectivity index (χ2v) is 5.01. The number of allylic oxidation sites excluding steroid dienone is 1. The number of amides is 1. The standard InChI is InChI=1S/C12H9F6IN2O/c1-2-3-6-21(10(22)12(16,17)18)7-4-5-8(11(13,14)15)20-9(7)19/h2-5H,6H2,1H3/b3-2+. The highest BCUT2D eigenvalue weighted by Gasteiger charge is 2.43. The van der Waals surface area contributed by atoms with Gasteiger partial charge in [0.2, 0.25) is 0 Å². The summed E-state index contributed by atoms with van der Waals surface area (Å²) in [6, 6.07) is 1.33. The van der Waals surface area contributed by atoms with E-state index in [0.29, 0.717) is 11.0 Å². The van der Waals surface area contributed by atoms with E-state index in [1.54, 1.807) is 0 Å². The van der Waals surface area contributed by atoms with Crippen LogP contribution in [0.15, 0.2) is 24.3 Å². The monoisotopic (exact) mass is 438 g/mol. The predicted octanol–water partition coefficient (Wildman–Crippen LogP) is 4.18. The van der Waals surface area contributed by atoms with Gasteiger partial charge in [-0.2, -0.15) is 26.3 Å². The van der Waals surface area contributed by atoms with Crippen molar-refractivity contribution in [2.24, 2.45) is 0 Å². The van der Waals surface area contributed by atoms with E-state index in [2.05, 4.69) is 4.98 Å². The van der Waals surface area contributed by atoms with Gasteiger partial charge in [0.25, 0.3) is 0 Å². The van der Waals surface area contributed by atoms with Crippen molar-refractivity contribution in [3.8, 4) is 0 Å². The summed E-state index contributed by atoms with van der Waals surface area (Å²) in [5.41, 5.74) is -1.58. The third kappa shape index (κ3) is 4.58. The fraction of sp³-hybridized carbons (Fsp3) is 0.333. The van der Waals surface area contributed by atoms with Crippen molar-refractivity contribution < 1.29 is 31.1 Å². The molecule has 0 saturated heterocycles. The number of halogens is 7. The van der Waals surface area contributed by atoms with Gasteiger partial charge >= 0.3 is 18.3 Å². The second-order valence-electron chi connectivity index (χ2n) is 3.99. The molecule has 0 bridgehead atoms. The van der Waals surface area contributed by atoms with Crippen LogP contribution in [-0.2, 0) is 11.0 Å². The van der Waals surface area contributed by atoms with E-state index < -0.39 is 30.5 Å². The van der Waals surface area contributed by atoms with Crippen molar-refractivity contribution in [3.63, 3.8) is 0 Å².